The highest BCUT2D eigenvalue weighted by molar-refractivity contribution is 9.10. The first-order chi connectivity index (χ1) is 13.4. The Hall–Kier alpha value is -1.97. The van der Waals surface area contributed by atoms with Crippen molar-refractivity contribution >= 4 is 50.7 Å². The summed E-state index contributed by atoms with van der Waals surface area (Å²) in [6.45, 7) is 5.59. The van der Waals surface area contributed by atoms with Gasteiger partial charge in [0, 0.05) is 41.6 Å². The average molecular weight is 486 g/mol. The molecule has 0 spiro atoms. The number of aryl methyl sites for hydroxylation is 2. The number of aromatic nitrogens is 4. The predicted molar refractivity (Wildman–Crippen MR) is 116 cm³/mol. The topological polar surface area (TPSA) is 59.7 Å². The first-order valence-corrected chi connectivity index (χ1v) is 10.2. The van der Waals surface area contributed by atoms with Crippen LogP contribution < -0.4 is 10.6 Å². The molecule has 3 aromatic rings. The Morgan fingerprint density at radius 1 is 1.29 bits per heavy atom. The van der Waals surface area contributed by atoms with Gasteiger partial charge in [-0.05, 0) is 54.1 Å². The van der Waals surface area contributed by atoms with E-state index in [1.165, 1.54) is 6.07 Å². The number of nitrogens with one attached hydrogen (secondary N) is 2. The van der Waals surface area contributed by atoms with E-state index in [0.29, 0.717) is 32.5 Å². The molecule has 0 bridgehead atoms. The average Bonchev–Trinajstić information content (AvgIpc) is 3.18. The molecule has 3 rings (SSSR count). The van der Waals surface area contributed by atoms with Crippen molar-refractivity contribution in [1.29, 1.82) is 0 Å². The van der Waals surface area contributed by atoms with Gasteiger partial charge in [0.05, 0.1) is 16.7 Å². The fraction of sp³-hybridized carbons (Fsp3) is 0.278. The second kappa shape index (κ2) is 9.02. The largest absolute Gasteiger partial charge is 0.358 e. The summed E-state index contributed by atoms with van der Waals surface area (Å²) < 4.78 is 18.2. The molecule has 6 nitrogen and oxygen atoms in total. The lowest BCUT2D eigenvalue weighted by Crippen LogP contribution is -2.28. The third-order valence-corrected chi connectivity index (χ3v) is 5.32. The molecule has 10 heteroatoms. The highest BCUT2D eigenvalue weighted by Gasteiger charge is 2.13. The number of halogens is 3. The van der Waals surface area contributed by atoms with Gasteiger partial charge in [0.2, 0.25) is 0 Å². The summed E-state index contributed by atoms with van der Waals surface area (Å²) in [6, 6.07) is 4.60. The van der Waals surface area contributed by atoms with Crippen LogP contribution in [0.25, 0.3) is 0 Å². The standard InChI is InChI=1S/C18H19BrClFN6S/c1-3-26-8-12(11(2)24-26)7-22-18(28)23-17-14(19)10-27(25-17)9-13-15(20)5-4-6-16(13)21/h4-6,8,10H,3,7,9H2,1-2H3,(H2,22,23,25,28). The van der Waals surface area contributed by atoms with E-state index in [-0.39, 0.29) is 12.4 Å². The van der Waals surface area contributed by atoms with E-state index in [4.69, 9.17) is 23.8 Å². The van der Waals surface area contributed by atoms with Gasteiger partial charge >= 0.3 is 0 Å². The minimum atomic E-state index is -0.367. The number of rotatable bonds is 6. The van der Waals surface area contributed by atoms with E-state index < -0.39 is 0 Å². The molecule has 0 radical (unpaired) electrons. The minimum Gasteiger partial charge on any atom is -0.358 e. The van der Waals surface area contributed by atoms with Crippen LogP contribution >= 0.6 is 39.7 Å². The van der Waals surface area contributed by atoms with Crippen LogP contribution in [0.1, 0.15) is 23.7 Å². The molecule has 0 aliphatic rings. The molecule has 0 aliphatic heterocycles. The number of hydrogen-bond donors (Lipinski definition) is 2. The summed E-state index contributed by atoms with van der Waals surface area (Å²) in [5.74, 6) is 0.166. The van der Waals surface area contributed by atoms with Crippen molar-refractivity contribution in [3.63, 3.8) is 0 Å². The summed E-state index contributed by atoms with van der Waals surface area (Å²) in [4.78, 5) is 0. The van der Waals surface area contributed by atoms with Gasteiger partial charge in [0.25, 0.3) is 0 Å². The quantitative estimate of drug-likeness (QED) is 0.504. The van der Waals surface area contributed by atoms with Crippen molar-refractivity contribution in [1.82, 2.24) is 24.9 Å². The van der Waals surface area contributed by atoms with E-state index >= 15 is 0 Å². The summed E-state index contributed by atoms with van der Waals surface area (Å²) >= 11 is 14.9. The van der Waals surface area contributed by atoms with Crippen LogP contribution in [0.2, 0.25) is 5.02 Å². The maximum Gasteiger partial charge on any atom is 0.172 e. The molecule has 0 fully saturated rings. The van der Waals surface area contributed by atoms with Crippen LogP contribution in [0.15, 0.2) is 35.1 Å². The van der Waals surface area contributed by atoms with Crippen LogP contribution in [0.5, 0.6) is 0 Å². The summed E-state index contributed by atoms with van der Waals surface area (Å²) in [7, 11) is 0. The molecule has 2 N–H and O–H groups in total. The number of benzene rings is 1. The van der Waals surface area contributed by atoms with Crippen molar-refractivity contribution in [3.8, 4) is 0 Å². The molecule has 1 aromatic carbocycles. The predicted octanol–water partition coefficient (Wildman–Crippen LogP) is 4.50. The zero-order valence-electron chi connectivity index (χ0n) is 15.3. The summed E-state index contributed by atoms with van der Waals surface area (Å²) in [5, 5.41) is 15.8. The van der Waals surface area contributed by atoms with Gasteiger partial charge in [0.15, 0.2) is 10.9 Å². The van der Waals surface area contributed by atoms with Gasteiger partial charge in [-0.1, -0.05) is 17.7 Å². The van der Waals surface area contributed by atoms with Crippen molar-refractivity contribution in [2.75, 3.05) is 5.32 Å². The van der Waals surface area contributed by atoms with Gasteiger partial charge in [-0.25, -0.2) is 4.39 Å². The normalized spacial score (nSPS) is 10.9. The molecule has 0 aliphatic carbocycles. The maximum absolute atomic E-state index is 14.0. The van der Waals surface area contributed by atoms with E-state index in [1.807, 2.05) is 24.7 Å². The number of anilines is 1. The summed E-state index contributed by atoms with van der Waals surface area (Å²) in [6.07, 6.45) is 3.73. The van der Waals surface area contributed by atoms with Gasteiger partial charge in [-0.2, -0.15) is 10.2 Å². The molecular weight excluding hydrogens is 467 g/mol. The summed E-state index contributed by atoms with van der Waals surface area (Å²) in [5.41, 5.74) is 2.42. The second-order valence-electron chi connectivity index (χ2n) is 6.13. The number of nitrogens with zero attached hydrogens (tertiary/aromatic N) is 4. The zero-order valence-corrected chi connectivity index (χ0v) is 18.5. The fourth-order valence-electron chi connectivity index (χ4n) is 2.63. The Balaban J connectivity index is 1.63. The Bertz CT molecular complexity index is 982. The molecule has 0 atom stereocenters. The Kier molecular flexibility index (Phi) is 6.69. The molecular formula is C18H19BrClFN6S. The first kappa shape index (κ1) is 20.8. The third-order valence-electron chi connectivity index (χ3n) is 4.14. The van der Waals surface area contributed by atoms with E-state index in [2.05, 4.69) is 36.8 Å². The lowest BCUT2D eigenvalue weighted by molar-refractivity contribution is 0.586. The lowest BCUT2D eigenvalue weighted by Gasteiger charge is -2.09. The molecule has 2 heterocycles. The molecule has 0 saturated heterocycles. The monoisotopic (exact) mass is 484 g/mol. The van der Waals surface area contributed by atoms with Crippen molar-refractivity contribution in [2.45, 2.75) is 33.5 Å². The molecule has 0 unspecified atom stereocenters. The van der Waals surface area contributed by atoms with Gasteiger partial charge < -0.3 is 10.6 Å². The van der Waals surface area contributed by atoms with Crippen molar-refractivity contribution < 1.29 is 4.39 Å². The van der Waals surface area contributed by atoms with Gasteiger partial charge in [0.1, 0.15) is 5.82 Å². The van der Waals surface area contributed by atoms with Crippen LogP contribution in [0, 0.1) is 12.7 Å². The van der Waals surface area contributed by atoms with Crippen LogP contribution in [0.4, 0.5) is 10.2 Å². The van der Waals surface area contributed by atoms with E-state index in [9.17, 15) is 4.39 Å². The fourth-order valence-corrected chi connectivity index (χ4v) is 3.44. The SMILES string of the molecule is CCn1cc(CNC(=S)Nc2nn(Cc3c(F)cccc3Cl)cc2Br)c(C)n1. The van der Waals surface area contributed by atoms with Crippen LogP contribution in [-0.2, 0) is 19.6 Å². The van der Waals surface area contributed by atoms with E-state index in [1.54, 1.807) is 23.0 Å². The highest BCUT2D eigenvalue weighted by atomic mass is 79.9. The Labute approximate surface area is 181 Å². The minimum absolute atomic E-state index is 0.210. The van der Waals surface area contributed by atoms with Crippen LogP contribution in [0.3, 0.4) is 0 Å². The van der Waals surface area contributed by atoms with Crippen molar-refractivity contribution in [3.05, 3.63) is 62.7 Å². The first-order valence-electron chi connectivity index (χ1n) is 8.61. The smallest absolute Gasteiger partial charge is 0.172 e. The van der Waals surface area contributed by atoms with E-state index in [0.717, 1.165) is 17.8 Å². The number of hydrogen-bond acceptors (Lipinski definition) is 3. The Morgan fingerprint density at radius 2 is 2.07 bits per heavy atom. The highest BCUT2D eigenvalue weighted by Crippen LogP contribution is 2.24. The zero-order chi connectivity index (χ0) is 20.3. The molecule has 0 saturated carbocycles. The second-order valence-corrected chi connectivity index (χ2v) is 7.80. The third kappa shape index (κ3) is 4.89. The Morgan fingerprint density at radius 3 is 2.75 bits per heavy atom. The maximum atomic E-state index is 14.0. The molecule has 2 aromatic heterocycles. The lowest BCUT2D eigenvalue weighted by atomic mass is 10.2. The van der Waals surface area contributed by atoms with Crippen LogP contribution in [-0.4, -0.2) is 24.7 Å². The molecule has 0 amide bonds. The van der Waals surface area contributed by atoms with Gasteiger partial charge in [-0.15, -0.1) is 0 Å². The number of thiocarbonyl (C=S) groups is 1. The molecule has 148 valence electrons. The van der Waals surface area contributed by atoms with Crippen molar-refractivity contribution in [2.24, 2.45) is 0 Å². The molecule has 28 heavy (non-hydrogen) atoms. The van der Waals surface area contributed by atoms with Gasteiger partial charge in [-0.3, -0.25) is 9.36 Å².